The van der Waals surface area contributed by atoms with Crippen LogP contribution in [0.15, 0.2) is 54.6 Å². The molecule has 0 bridgehead atoms. The third-order valence-electron chi connectivity index (χ3n) is 3.98. The van der Waals surface area contributed by atoms with Gasteiger partial charge in [-0.1, -0.05) is 42.5 Å². The lowest BCUT2D eigenvalue weighted by Gasteiger charge is -2.10. The molecule has 0 spiro atoms. The molecule has 0 aliphatic carbocycles. The molecule has 4 rings (SSSR count). The second-order valence-corrected chi connectivity index (χ2v) is 6.73. The highest BCUT2D eigenvalue weighted by molar-refractivity contribution is 7.20. The van der Waals surface area contributed by atoms with E-state index in [2.05, 4.69) is 5.32 Å². The maximum absolute atomic E-state index is 12.3. The molecule has 24 heavy (non-hydrogen) atoms. The molecule has 0 unspecified atom stereocenters. The molecular formula is C19H17NO3S. The van der Waals surface area contributed by atoms with Crippen molar-refractivity contribution in [2.45, 2.75) is 12.8 Å². The average Bonchev–Trinajstić information content (AvgIpc) is 3.29. The molecule has 1 N–H and O–H groups in total. The summed E-state index contributed by atoms with van der Waals surface area (Å²) < 4.78 is 12.1. The zero-order valence-electron chi connectivity index (χ0n) is 13.0. The number of rotatable bonds is 4. The normalized spacial score (nSPS) is 15.0. The largest absolute Gasteiger partial charge is 0.347 e. The van der Waals surface area contributed by atoms with Crippen LogP contribution in [0.4, 0.5) is 0 Å². The fourth-order valence-corrected chi connectivity index (χ4v) is 3.69. The third-order valence-corrected chi connectivity index (χ3v) is 5.09. The minimum Gasteiger partial charge on any atom is -0.347 e. The minimum absolute atomic E-state index is 0.0391. The first-order valence-electron chi connectivity index (χ1n) is 7.88. The lowest BCUT2D eigenvalue weighted by atomic mass is 10.1. The number of benzene rings is 2. The number of fused-ring (bicyclic) bond motifs is 1. The Hall–Kier alpha value is -2.21. The van der Waals surface area contributed by atoms with Gasteiger partial charge in [0.1, 0.15) is 0 Å². The van der Waals surface area contributed by atoms with Crippen LogP contribution >= 0.6 is 11.3 Å². The van der Waals surface area contributed by atoms with Crippen LogP contribution in [-0.2, 0) is 16.0 Å². The Balaban J connectivity index is 1.39. The first-order chi connectivity index (χ1) is 11.8. The topological polar surface area (TPSA) is 47.6 Å². The highest BCUT2D eigenvalue weighted by atomic mass is 32.1. The Morgan fingerprint density at radius 3 is 2.58 bits per heavy atom. The lowest BCUT2D eigenvalue weighted by molar-refractivity contribution is -0.0441. The third kappa shape index (κ3) is 3.19. The van der Waals surface area contributed by atoms with E-state index in [1.807, 2.05) is 54.6 Å². The lowest BCUT2D eigenvalue weighted by Crippen LogP contribution is -2.21. The standard InChI is InChI=1S/C19H17NO3S/c21-18(17-11-15-3-1-2-4-16(15)24-17)20-12-13-5-7-14(8-6-13)19-22-9-10-23-19/h1-8,11,19H,9-10,12H2,(H,20,21). The van der Waals surface area contributed by atoms with E-state index in [9.17, 15) is 4.79 Å². The van der Waals surface area contributed by atoms with Crippen LogP contribution < -0.4 is 5.32 Å². The molecule has 2 aromatic carbocycles. The van der Waals surface area contributed by atoms with Crippen LogP contribution in [0.2, 0.25) is 0 Å². The van der Waals surface area contributed by atoms with Crippen molar-refractivity contribution in [2.75, 3.05) is 13.2 Å². The maximum Gasteiger partial charge on any atom is 0.261 e. The summed E-state index contributed by atoms with van der Waals surface area (Å²) in [4.78, 5) is 13.1. The zero-order valence-corrected chi connectivity index (χ0v) is 13.8. The van der Waals surface area contributed by atoms with Crippen LogP contribution in [0, 0.1) is 0 Å². The highest BCUT2D eigenvalue weighted by Crippen LogP contribution is 2.25. The van der Waals surface area contributed by atoms with E-state index >= 15 is 0 Å². The van der Waals surface area contributed by atoms with Crippen molar-refractivity contribution in [3.05, 3.63) is 70.6 Å². The van der Waals surface area contributed by atoms with Gasteiger partial charge in [0.05, 0.1) is 18.1 Å². The highest BCUT2D eigenvalue weighted by Gasteiger charge is 2.17. The van der Waals surface area contributed by atoms with E-state index < -0.39 is 0 Å². The van der Waals surface area contributed by atoms with Crippen LogP contribution in [-0.4, -0.2) is 19.1 Å². The van der Waals surface area contributed by atoms with E-state index in [1.54, 1.807) is 0 Å². The van der Waals surface area contributed by atoms with Crippen molar-refractivity contribution in [3.63, 3.8) is 0 Å². The molecule has 4 nitrogen and oxygen atoms in total. The Morgan fingerprint density at radius 2 is 1.83 bits per heavy atom. The van der Waals surface area contributed by atoms with Gasteiger partial charge in [-0.3, -0.25) is 4.79 Å². The van der Waals surface area contributed by atoms with Gasteiger partial charge in [0.15, 0.2) is 6.29 Å². The zero-order chi connectivity index (χ0) is 16.4. The van der Waals surface area contributed by atoms with E-state index in [-0.39, 0.29) is 12.2 Å². The Labute approximate surface area is 144 Å². The Bertz CT molecular complexity index is 817. The van der Waals surface area contributed by atoms with Crippen molar-refractivity contribution >= 4 is 27.3 Å². The minimum atomic E-state index is -0.257. The van der Waals surface area contributed by atoms with Gasteiger partial charge in [-0.2, -0.15) is 0 Å². The van der Waals surface area contributed by atoms with Gasteiger partial charge >= 0.3 is 0 Å². The molecule has 1 amide bonds. The number of hydrogen-bond donors (Lipinski definition) is 1. The number of thiophene rings is 1. The number of amides is 1. The summed E-state index contributed by atoms with van der Waals surface area (Å²) in [7, 11) is 0. The molecule has 3 aromatic rings. The molecule has 1 fully saturated rings. The number of nitrogens with one attached hydrogen (secondary N) is 1. The molecule has 2 heterocycles. The van der Waals surface area contributed by atoms with Gasteiger partial charge in [-0.15, -0.1) is 11.3 Å². The fraction of sp³-hybridized carbons (Fsp3) is 0.211. The molecule has 1 aromatic heterocycles. The van der Waals surface area contributed by atoms with Crippen molar-refractivity contribution < 1.29 is 14.3 Å². The van der Waals surface area contributed by atoms with Gasteiger partial charge in [0.2, 0.25) is 0 Å². The van der Waals surface area contributed by atoms with Crippen LogP contribution in [0.5, 0.6) is 0 Å². The van der Waals surface area contributed by atoms with Crippen LogP contribution in [0.1, 0.15) is 27.1 Å². The van der Waals surface area contributed by atoms with Crippen molar-refractivity contribution in [1.82, 2.24) is 5.32 Å². The first-order valence-corrected chi connectivity index (χ1v) is 8.70. The van der Waals surface area contributed by atoms with Crippen molar-refractivity contribution in [1.29, 1.82) is 0 Å². The summed E-state index contributed by atoms with van der Waals surface area (Å²) in [5.74, 6) is -0.0391. The summed E-state index contributed by atoms with van der Waals surface area (Å²) in [5, 5.41) is 4.08. The predicted molar refractivity (Wildman–Crippen MR) is 94.1 cm³/mol. The number of carbonyl (C=O) groups is 1. The average molecular weight is 339 g/mol. The summed E-state index contributed by atoms with van der Waals surface area (Å²) in [6.45, 7) is 1.77. The number of carbonyl (C=O) groups excluding carboxylic acids is 1. The summed E-state index contributed by atoms with van der Waals surface area (Å²) in [6.07, 6.45) is -0.257. The summed E-state index contributed by atoms with van der Waals surface area (Å²) in [6, 6.07) is 17.9. The Kier molecular flexibility index (Phi) is 4.30. The van der Waals surface area contributed by atoms with Crippen molar-refractivity contribution in [3.8, 4) is 0 Å². The second kappa shape index (κ2) is 6.73. The molecule has 1 aliphatic heterocycles. The van der Waals surface area contributed by atoms with E-state index in [0.717, 1.165) is 26.1 Å². The van der Waals surface area contributed by atoms with Gasteiger partial charge in [0, 0.05) is 16.8 Å². The van der Waals surface area contributed by atoms with E-state index in [1.165, 1.54) is 11.3 Å². The second-order valence-electron chi connectivity index (χ2n) is 5.65. The van der Waals surface area contributed by atoms with E-state index in [0.29, 0.717) is 19.8 Å². The maximum atomic E-state index is 12.3. The molecule has 1 saturated heterocycles. The quantitative estimate of drug-likeness (QED) is 0.785. The molecule has 122 valence electrons. The predicted octanol–water partition coefficient (Wildman–Crippen LogP) is 3.88. The first kappa shape index (κ1) is 15.3. The molecule has 0 saturated carbocycles. The number of ether oxygens (including phenoxy) is 2. The van der Waals surface area contributed by atoms with Gasteiger partial charge in [-0.25, -0.2) is 0 Å². The monoisotopic (exact) mass is 339 g/mol. The van der Waals surface area contributed by atoms with Gasteiger partial charge in [0.25, 0.3) is 5.91 Å². The molecule has 0 atom stereocenters. The smallest absolute Gasteiger partial charge is 0.261 e. The van der Waals surface area contributed by atoms with Crippen LogP contribution in [0.25, 0.3) is 10.1 Å². The SMILES string of the molecule is O=C(NCc1ccc(C2OCCO2)cc1)c1cc2ccccc2s1. The van der Waals surface area contributed by atoms with E-state index in [4.69, 9.17) is 9.47 Å². The summed E-state index contributed by atoms with van der Waals surface area (Å²) in [5.41, 5.74) is 2.05. The van der Waals surface area contributed by atoms with Crippen LogP contribution in [0.3, 0.4) is 0 Å². The number of hydrogen-bond acceptors (Lipinski definition) is 4. The molecule has 1 aliphatic rings. The fourth-order valence-electron chi connectivity index (χ4n) is 2.71. The molecular weight excluding hydrogens is 322 g/mol. The molecule has 0 radical (unpaired) electrons. The Morgan fingerprint density at radius 1 is 1.08 bits per heavy atom. The van der Waals surface area contributed by atoms with Gasteiger partial charge in [-0.05, 0) is 23.1 Å². The molecule has 5 heteroatoms. The van der Waals surface area contributed by atoms with Gasteiger partial charge < -0.3 is 14.8 Å². The summed E-state index contributed by atoms with van der Waals surface area (Å²) >= 11 is 1.51. The van der Waals surface area contributed by atoms with Crippen molar-refractivity contribution in [2.24, 2.45) is 0 Å².